The number of fused-ring (bicyclic) bond motifs is 1. The topological polar surface area (TPSA) is 94.1 Å². The van der Waals surface area contributed by atoms with Crippen molar-refractivity contribution in [2.75, 3.05) is 26.4 Å². The van der Waals surface area contributed by atoms with Gasteiger partial charge in [-0.1, -0.05) is 30.8 Å². The zero-order valence-electron chi connectivity index (χ0n) is 15.4. The van der Waals surface area contributed by atoms with Crippen LogP contribution in [0.5, 0.6) is 11.5 Å². The quantitative estimate of drug-likeness (QED) is 0.420. The molecule has 0 unspecified atom stereocenters. The van der Waals surface area contributed by atoms with Gasteiger partial charge in [-0.15, -0.1) is 0 Å². The number of hydrogen-bond acceptors (Lipinski definition) is 6. The molecule has 0 fully saturated rings. The third kappa shape index (κ3) is 5.72. The second kappa shape index (κ2) is 9.59. The van der Waals surface area contributed by atoms with Crippen LogP contribution < -0.4 is 10.1 Å². The fraction of sp³-hybridized carbons (Fsp3) is 0.300. The van der Waals surface area contributed by atoms with Gasteiger partial charge in [-0.2, -0.15) is 0 Å². The average Bonchev–Trinajstić information content (AvgIpc) is 2.64. The summed E-state index contributed by atoms with van der Waals surface area (Å²) in [7, 11) is 0. The lowest BCUT2D eigenvalue weighted by molar-refractivity contribution is -0.140. The van der Waals surface area contributed by atoms with Crippen LogP contribution in [0.3, 0.4) is 0 Å². The summed E-state index contributed by atoms with van der Waals surface area (Å²) in [6.07, 6.45) is -0.619. The molecular formula is C20H23NO6. The summed E-state index contributed by atoms with van der Waals surface area (Å²) in [6.45, 7) is 7.62. The predicted molar refractivity (Wildman–Crippen MR) is 101 cm³/mol. The maximum Gasteiger partial charge on any atom is 0.412 e. The number of amides is 1. The monoisotopic (exact) mass is 373 g/mol. The molecule has 0 aromatic heterocycles. The van der Waals surface area contributed by atoms with Crippen LogP contribution in [-0.2, 0) is 14.3 Å². The minimum atomic E-state index is -0.619. The normalized spacial score (nSPS) is 10.4. The summed E-state index contributed by atoms with van der Waals surface area (Å²) < 4.78 is 15.5. The molecule has 7 nitrogen and oxygen atoms in total. The zero-order valence-corrected chi connectivity index (χ0v) is 15.4. The Balaban J connectivity index is 1.78. The number of hydrogen-bond donors (Lipinski definition) is 2. The van der Waals surface area contributed by atoms with Gasteiger partial charge in [0.2, 0.25) is 0 Å². The van der Waals surface area contributed by atoms with E-state index in [0.717, 1.165) is 0 Å². The first-order valence-corrected chi connectivity index (χ1v) is 8.47. The molecule has 0 aliphatic heterocycles. The molecule has 0 spiro atoms. The van der Waals surface area contributed by atoms with E-state index in [-0.39, 0.29) is 32.1 Å². The molecule has 0 bridgehead atoms. The number of aromatic hydroxyl groups is 1. The van der Waals surface area contributed by atoms with Crippen LogP contribution in [0.2, 0.25) is 0 Å². The lowest BCUT2D eigenvalue weighted by Gasteiger charge is -2.13. The van der Waals surface area contributed by atoms with E-state index in [2.05, 4.69) is 11.9 Å². The van der Waals surface area contributed by atoms with Gasteiger partial charge in [-0.05, 0) is 25.5 Å². The average molecular weight is 373 g/mol. The number of carbonyl (C=O) groups is 2. The van der Waals surface area contributed by atoms with Gasteiger partial charge in [0.15, 0.2) is 0 Å². The van der Waals surface area contributed by atoms with Crippen LogP contribution in [0.25, 0.3) is 10.8 Å². The van der Waals surface area contributed by atoms with Crippen molar-refractivity contribution in [3.63, 3.8) is 0 Å². The van der Waals surface area contributed by atoms with Crippen LogP contribution in [0, 0.1) is 6.92 Å². The van der Waals surface area contributed by atoms with Crippen molar-refractivity contribution in [2.24, 2.45) is 0 Å². The highest BCUT2D eigenvalue weighted by atomic mass is 16.6. The predicted octanol–water partition coefficient (Wildman–Crippen LogP) is 3.08. The van der Waals surface area contributed by atoms with E-state index >= 15 is 0 Å². The fourth-order valence-electron chi connectivity index (χ4n) is 2.37. The molecule has 2 rings (SSSR count). The van der Waals surface area contributed by atoms with Gasteiger partial charge in [0.1, 0.15) is 18.1 Å². The molecule has 0 saturated heterocycles. The number of carbonyl (C=O) groups excluding carboxylic acids is 2. The van der Waals surface area contributed by atoms with Crippen molar-refractivity contribution in [3.8, 4) is 11.5 Å². The van der Waals surface area contributed by atoms with Crippen LogP contribution >= 0.6 is 0 Å². The summed E-state index contributed by atoms with van der Waals surface area (Å²) in [5.74, 6) is 0.0712. The van der Waals surface area contributed by atoms with Gasteiger partial charge in [-0.25, -0.2) is 9.59 Å². The lowest BCUT2D eigenvalue weighted by Crippen LogP contribution is -2.30. The van der Waals surface area contributed by atoms with E-state index in [9.17, 15) is 14.7 Å². The molecule has 0 aliphatic rings. The lowest BCUT2D eigenvalue weighted by atomic mass is 10.1. The number of esters is 1. The number of nitrogens with one attached hydrogen (secondary N) is 1. The minimum Gasteiger partial charge on any atom is -0.507 e. The van der Waals surface area contributed by atoms with Crippen molar-refractivity contribution >= 4 is 22.8 Å². The number of aryl methyl sites for hydroxylation is 1. The van der Waals surface area contributed by atoms with Crippen LogP contribution in [0.1, 0.15) is 12.5 Å². The molecule has 1 amide bonds. The van der Waals surface area contributed by atoms with Gasteiger partial charge in [0.25, 0.3) is 0 Å². The number of rotatable bonds is 8. The minimum absolute atomic E-state index is 0.120. The van der Waals surface area contributed by atoms with Gasteiger partial charge >= 0.3 is 12.1 Å². The van der Waals surface area contributed by atoms with E-state index in [1.165, 1.54) is 0 Å². The highest BCUT2D eigenvalue weighted by Crippen LogP contribution is 2.35. The second-order valence-electron chi connectivity index (χ2n) is 5.93. The summed E-state index contributed by atoms with van der Waals surface area (Å²) in [5.41, 5.74) is 0.980. The Hall–Kier alpha value is -3.06. The fourth-order valence-corrected chi connectivity index (χ4v) is 2.37. The molecule has 0 heterocycles. The summed E-state index contributed by atoms with van der Waals surface area (Å²) in [5, 5.41) is 13.9. The molecule has 144 valence electrons. The van der Waals surface area contributed by atoms with E-state index in [1.807, 2.05) is 0 Å². The van der Waals surface area contributed by atoms with Crippen LogP contribution in [-0.4, -0.2) is 43.5 Å². The molecule has 27 heavy (non-hydrogen) atoms. The van der Waals surface area contributed by atoms with Gasteiger partial charge in [0.05, 0.1) is 13.2 Å². The molecule has 0 saturated carbocycles. The van der Waals surface area contributed by atoms with E-state index in [1.54, 1.807) is 44.2 Å². The Kier molecular flexibility index (Phi) is 7.19. The van der Waals surface area contributed by atoms with Gasteiger partial charge < -0.3 is 24.6 Å². The third-order valence-corrected chi connectivity index (χ3v) is 3.68. The second-order valence-corrected chi connectivity index (χ2v) is 5.93. The molecule has 2 aromatic carbocycles. The van der Waals surface area contributed by atoms with Crippen LogP contribution in [0.4, 0.5) is 4.79 Å². The third-order valence-electron chi connectivity index (χ3n) is 3.68. The molecule has 2 aromatic rings. The van der Waals surface area contributed by atoms with Crippen LogP contribution in [0.15, 0.2) is 42.5 Å². The van der Waals surface area contributed by atoms with Crippen molar-refractivity contribution in [1.82, 2.24) is 5.32 Å². The molecule has 0 radical (unpaired) electrons. The van der Waals surface area contributed by atoms with Crippen molar-refractivity contribution in [1.29, 1.82) is 0 Å². The Bertz CT molecular complexity index is 846. The highest BCUT2D eigenvalue weighted by molar-refractivity contribution is 5.95. The largest absolute Gasteiger partial charge is 0.507 e. The Morgan fingerprint density at radius 2 is 1.85 bits per heavy atom. The maximum atomic E-state index is 12.0. The molecular weight excluding hydrogens is 350 g/mol. The van der Waals surface area contributed by atoms with E-state index < -0.39 is 12.1 Å². The summed E-state index contributed by atoms with van der Waals surface area (Å²) >= 11 is 0. The first-order valence-electron chi connectivity index (χ1n) is 8.47. The van der Waals surface area contributed by atoms with Gasteiger partial charge in [0, 0.05) is 22.9 Å². The smallest absolute Gasteiger partial charge is 0.412 e. The summed E-state index contributed by atoms with van der Waals surface area (Å²) in [6, 6.07) is 8.69. The molecule has 0 aliphatic carbocycles. The highest BCUT2D eigenvalue weighted by Gasteiger charge is 2.13. The molecule has 0 atom stereocenters. The standard InChI is InChI=1S/C20H23NO6/c1-13(2)19(23)26-11-10-25-9-8-21-20(24)27-18-14(3)12-17(22)15-6-4-5-7-16(15)18/h4-7,12,22H,1,8-11H2,2-3H3,(H,21,24). The SMILES string of the molecule is C=C(C)C(=O)OCCOCCNC(=O)Oc1c(C)cc(O)c2ccccc12. The van der Waals surface area contributed by atoms with Gasteiger partial charge in [-0.3, -0.25) is 0 Å². The Labute approximate surface area is 157 Å². The number of ether oxygens (including phenoxy) is 3. The first-order chi connectivity index (χ1) is 12.9. The zero-order chi connectivity index (χ0) is 19.8. The van der Waals surface area contributed by atoms with E-state index in [4.69, 9.17) is 14.2 Å². The number of phenolic OH excluding ortho intramolecular Hbond substituents is 1. The first kappa shape index (κ1) is 20.3. The van der Waals surface area contributed by atoms with Crippen molar-refractivity contribution in [2.45, 2.75) is 13.8 Å². The Morgan fingerprint density at radius 3 is 2.56 bits per heavy atom. The maximum absolute atomic E-state index is 12.0. The van der Waals surface area contributed by atoms with Crippen molar-refractivity contribution in [3.05, 3.63) is 48.0 Å². The number of benzene rings is 2. The molecule has 2 N–H and O–H groups in total. The number of phenols is 1. The molecule has 7 heteroatoms. The van der Waals surface area contributed by atoms with Crippen molar-refractivity contribution < 1.29 is 28.9 Å². The Morgan fingerprint density at radius 1 is 1.15 bits per heavy atom. The van der Waals surface area contributed by atoms with E-state index in [0.29, 0.717) is 27.7 Å². The summed E-state index contributed by atoms with van der Waals surface area (Å²) in [4.78, 5) is 23.2.